The first-order valence-corrected chi connectivity index (χ1v) is 50.4. The molecule has 2 aliphatic heterocycles. The van der Waals surface area contributed by atoms with Crippen molar-refractivity contribution in [3.8, 4) is 15.8 Å². The number of aryl methyl sites for hydroxylation is 3. The second kappa shape index (κ2) is 46.8. The Morgan fingerprint density at radius 3 is 1.50 bits per heavy atom. The standard InChI is InChI=1S/C54H49ClN10O8S3.C45H41ClN10O6S3/c1-31-32(2)75-54-48(31)50(35-10-12-40(55)13-11-35)61-42(51-63-62-33(3)64(51)54)28-45(66)56-18-21-72-22-19-59-52(68)38-24-37-25-39(53(69)58-17-16-46-57-20-23-74-46)29-60-49(37)44(26-38)76-47(67)27-36-6-4-5-7-43(36)73-30-34-8-14-41(15-9-34)65(70)71;1-26-27(2)65-45-39(26)41(29-5-7-33(46)8-6-29)53-35(42-54-52-25-55(42)45)22-37(57)47-13-16-62-17-14-50-43(58)31-19-30-20-32(44(59)49-12-11-38-48-15-18-63-38)23-51-40(30)36(21-31)64-24-28-3-9-34(10-4-28)56(60)61/h4-15,20,23-26,29,42H,16-19,21-22,27-28,30H2,1-3H3,(H,56,66)(H,58,69)(H,59,68);3-10,15,18-21,23,25,35H,11-14,16-17,22,24H2,1-2H3,(H,47,57)(H,49,59)(H,50,58)/t42-;35-/m00/s1. The molecule has 17 rings (SSSR count). The maximum atomic E-state index is 13.8. The van der Waals surface area contributed by atoms with Crippen molar-refractivity contribution >= 4 is 177 Å². The Balaban J connectivity index is 0.000000206. The Bertz CT molecular complexity index is 7240. The topological polar surface area (TPSA) is 443 Å². The number of carbonyl (C=O) groups excluding carboxylic acids is 7. The Morgan fingerprint density at radius 1 is 0.504 bits per heavy atom. The molecule has 141 heavy (non-hydrogen) atoms. The molecular weight excluding hydrogens is 1960 g/mol. The summed E-state index contributed by atoms with van der Waals surface area (Å²) < 4.78 is 21.6. The van der Waals surface area contributed by atoms with Gasteiger partial charge in [0.1, 0.15) is 46.6 Å². The number of pyridine rings is 2. The number of ether oxygens (including phenoxy) is 3. The number of nitrogens with one attached hydrogen (secondary N) is 6. The van der Waals surface area contributed by atoms with Crippen molar-refractivity contribution in [1.82, 2.24) is 81.4 Å². The highest BCUT2D eigenvalue weighted by atomic mass is 35.5. The lowest BCUT2D eigenvalue weighted by atomic mass is 9.99. The smallest absolute Gasteiger partial charge is 0.269 e. The van der Waals surface area contributed by atoms with E-state index in [-0.39, 0.29) is 136 Å². The molecule has 8 aromatic heterocycles. The number of aromatic nitrogens is 10. The van der Waals surface area contributed by atoms with Gasteiger partial charge in [0.2, 0.25) is 11.8 Å². The van der Waals surface area contributed by atoms with E-state index in [1.54, 1.807) is 126 Å². The zero-order valence-electron chi connectivity index (χ0n) is 76.4. The molecule has 7 aromatic carbocycles. The normalized spacial score (nSPS) is 12.9. The number of hydrogen-bond acceptors (Lipinski definition) is 30. The molecule has 10 heterocycles. The van der Waals surface area contributed by atoms with Crippen LogP contribution in [0.1, 0.15) is 154 Å². The number of rotatable bonds is 39. The molecular formula is C99H90Cl2N20O14S6. The molecule has 0 saturated heterocycles. The van der Waals surface area contributed by atoms with Crippen LogP contribution in [0.25, 0.3) is 31.8 Å². The van der Waals surface area contributed by atoms with Crippen LogP contribution in [-0.4, -0.2) is 177 Å². The molecule has 34 nitrogen and oxygen atoms in total. The first kappa shape index (κ1) is 99.9. The van der Waals surface area contributed by atoms with Gasteiger partial charge in [0, 0.05) is 203 Å². The van der Waals surface area contributed by atoms with Gasteiger partial charge in [-0.25, -0.2) is 9.97 Å². The molecule has 0 radical (unpaired) electrons. The van der Waals surface area contributed by atoms with Crippen LogP contribution in [0.15, 0.2) is 219 Å². The van der Waals surface area contributed by atoms with E-state index in [1.165, 1.54) is 71.1 Å². The Labute approximate surface area is 841 Å². The largest absolute Gasteiger partial charge is 0.489 e. The zero-order chi connectivity index (χ0) is 98.7. The molecule has 0 aliphatic carbocycles. The fourth-order valence-electron chi connectivity index (χ4n) is 15.5. The Morgan fingerprint density at radius 2 is 0.972 bits per heavy atom. The molecule has 2 atom stereocenters. The van der Waals surface area contributed by atoms with E-state index in [1.807, 2.05) is 75.3 Å². The Kier molecular flexibility index (Phi) is 33.2. The molecule has 2 aliphatic rings. The summed E-state index contributed by atoms with van der Waals surface area (Å²) in [5.74, 6) is 0.827. The van der Waals surface area contributed by atoms with E-state index in [4.69, 9.17) is 47.4 Å². The van der Waals surface area contributed by atoms with Crippen molar-refractivity contribution < 1.29 is 57.6 Å². The van der Waals surface area contributed by atoms with Crippen LogP contribution in [0.2, 0.25) is 10.0 Å². The van der Waals surface area contributed by atoms with Crippen molar-refractivity contribution in [2.45, 2.75) is 101 Å². The highest BCUT2D eigenvalue weighted by Gasteiger charge is 2.35. The summed E-state index contributed by atoms with van der Waals surface area (Å²) in [6, 6.07) is 43.2. The molecule has 0 fully saturated rings. The average Bonchev–Trinajstić information content (AvgIpc) is 1.58. The highest BCUT2D eigenvalue weighted by molar-refractivity contribution is 8.13. The number of para-hydroxylation sites is 1. The number of non-ortho nitro benzene ring substituents is 2. The summed E-state index contributed by atoms with van der Waals surface area (Å²) in [5, 5.41) is 66.6. The molecule has 15 aromatic rings. The minimum absolute atomic E-state index is 0.00403. The summed E-state index contributed by atoms with van der Waals surface area (Å²) in [5.41, 5.74) is 11.8. The van der Waals surface area contributed by atoms with Crippen LogP contribution in [0.5, 0.6) is 5.75 Å². The van der Waals surface area contributed by atoms with E-state index >= 15 is 0 Å². The number of aliphatic imine (C=N–C) groups is 2. The first-order valence-electron chi connectivity index (χ1n) is 44.5. The highest BCUT2D eigenvalue weighted by Crippen LogP contribution is 2.43. The molecule has 6 amide bonds. The van der Waals surface area contributed by atoms with Gasteiger partial charge in [0.15, 0.2) is 16.8 Å². The second-order valence-electron chi connectivity index (χ2n) is 32.4. The molecule has 6 N–H and O–H groups in total. The van der Waals surface area contributed by atoms with Crippen LogP contribution < -0.4 is 36.6 Å². The third-order valence-corrected chi connectivity index (χ3v) is 29.4. The van der Waals surface area contributed by atoms with Crippen LogP contribution in [0.4, 0.5) is 11.4 Å². The lowest BCUT2D eigenvalue weighted by molar-refractivity contribution is -0.385. The molecule has 720 valence electrons. The summed E-state index contributed by atoms with van der Waals surface area (Å²) >= 11 is 21.1. The third-order valence-electron chi connectivity index (χ3n) is 22.8. The maximum Gasteiger partial charge on any atom is 0.269 e. The van der Waals surface area contributed by atoms with Crippen molar-refractivity contribution in [2.24, 2.45) is 9.98 Å². The summed E-state index contributed by atoms with van der Waals surface area (Å²) in [4.78, 5) is 147. The van der Waals surface area contributed by atoms with E-state index in [2.05, 4.69) is 99.9 Å². The maximum absolute atomic E-state index is 13.8. The summed E-state index contributed by atoms with van der Waals surface area (Å²) in [6.07, 6.45) is 9.21. The quantitative estimate of drug-likeness (QED) is 0.00902. The van der Waals surface area contributed by atoms with Gasteiger partial charge < -0.3 is 46.1 Å². The third kappa shape index (κ3) is 25.0. The van der Waals surface area contributed by atoms with Gasteiger partial charge >= 0.3 is 0 Å². The number of nitro benzene ring substituents is 2. The minimum Gasteiger partial charge on any atom is -0.489 e. The number of amides is 6. The Hall–Kier alpha value is -14.1. The number of thioether (sulfide) groups is 2. The number of hydrogen-bond donors (Lipinski definition) is 6. The predicted molar refractivity (Wildman–Crippen MR) is 544 cm³/mol. The monoisotopic (exact) mass is 2040 g/mol. The lowest BCUT2D eigenvalue weighted by Gasteiger charge is -2.13. The van der Waals surface area contributed by atoms with Gasteiger partial charge in [0.25, 0.3) is 35.0 Å². The molecule has 0 spiro atoms. The van der Waals surface area contributed by atoms with Crippen LogP contribution >= 0.6 is 92.1 Å². The van der Waals surface area contributed by atoms with Gasteiger partial charge in [-0.2, -0.15) is 0 Å². The number of thiophene rings is 2. The number of fused-ring (bicyclic) bond motifs is 8. The fourth-order valence-corrected chi connectivity index (χ4v) is 21.3. The van der Waals surface area contributed by atoms with E-state index in [0.29, 0.717) is 119 Å². The van der Waals surface area contributed by atoms with Crippen LogP contribution in [0.3, 0.4) is 0 Å². The van der Waals surface area contributed by atoms with E-state index in [9.17, 15) is 53.8 Å². The van der Waals surface area contributed by atoms with Gasteiger partial charge in [-0.15, -0.1) is 77.5 Å². The lowest BCUT2D eigenvalue weighted by Crippen LogP contribution is -2.31. The van der Waals surface area contributed by atoms with Gasteiger partial charge in [-0.3, -0.25) is 82.9 Å². The van der Waals surface area contributed by atoms with Gasteiger partial charge in [-0.1, -0.05) is 77.8 Å². The minimum atomic E-state index is -0.632. The van der Waals surface area contributed by atoms with Crippen molar-refractivity contribution in [1.29, 1.82) is 0 Å². The van der Waals surface area contributed by atoms with Crippen LogP contribution in [-0.2, 0) is 55.5 Å². The van der Waals surface area contributed by atoms with Gasteiger partial charge in [0.05, 0.1) is 92.7 Å². The fraction of sp³-hybridized carbons (Fsp3) is 0.242. The first-order chi connectivity index (χ1) is 68.3. The van der Waals surface area contributed by atoms with Gasteiger partial charge in [-0.05, 0) is 147 Å². The second-order valence-corrected chi connectivity index (χ2v) is 39.7. The van der Waals surface area contributed by atoms with E-state index in [0.717, 1.165) is 91.9 Å². The number of benzene rings is 7. The number of halogens is 2. The van der Waals surface area contributed by atoms with Crippen molar-refractivity contribution in [3.63, 3.8) is 0 Å². The SMILES string of the molecule is Cc1sc2c(c1C)C(c1ccc(Cl)cc1)=N[C@@H](CC(=O)NCCOCCNC(=O)c1cc(SC(=O)Cc3ccccc3OCc3ccc([N+](=O)[O-])cc3)c3ncc(C(=O)NCCc4nccs4)cc3c1)c1nnc(C)n1-2.Cc1sc2c(c1C)C(c1ccc(Cl)cc1)=N[C@@H](CC(=O)NCCOCCNC(=O)c1cc(SCc3ccc([N+](=O)[O-])cc3)c3ncc(C(=O)NCCc4nccs4)cc3c1)c1nncn1-2. The molecule has 0 saturated carbocycles. The summed E-state index contributed by atoms with van der Waals surface area (Å²) in [7, 11) is 0. The molecule has 0 bridgehead atoms. The number of nitrogens with zero attached hydrogens (tertiary/aromatic N) is 14. The molecule has 42 heteroatoms. The predicted octanol–water partition coefficient (Wildman–Crippen LogP) is 16.7. The number of nitro groups is 2. The van der Waals surface area contributed by atoms with E-state index < -0.39 is 27.8 Å². The number of carbonyl (C=O) groups is 7. The summed E-state index contributed by atoms with van der Waals surface area (Å²) in [6.45, 7) is 12.5. The number of thiazole rings is 2. The van der Waals surface area contributed by atoms with Crippen molar-refractivity contribution in [2.75, 3.05) is 65.7 Å². The average molecular weight is 2050 g/mol. The van der Waals surface area contributed by atoms with Crippen LogP contribution in [0, 0.1) is 54.8 Å². The zero-order valence-corrected chi connectivity index (χ0v) is 82.8. The van der Waals surface area contributed by atoms with Crippen molar-refractivity contribution in [3.05, 3.63) is 339 Å². The molecule has 0 unspecified atom stereocenters.